The smallest absolute Gasteiger partial charge is 0.129 e. The third kappa shape index (κ3) is 6.79. The van der Waals surface area contributed by atoms with E-state index in [0.717, 1.165) is 50.4 Å². The second-order valence-electron chi connectivity index (χ2n) is 10.2. The molecule has 0 spiro atoms. The molecule has 0 radical (unpaired) electrons. The third-order valence-corrected chi connectivity index (χ3v) is 7.40. The van der Waals surface area contributed by atoms with E-state index < -0.39 is 6.10 Å². The molecule has 0 heterocycles. The topological polar surface area (TPSA) is 47.9 Å². The van der Waals surface area contributed by atoms with Crippen molar-refractivity contribution in [3.63, 3.8) is 0 Å². The van der Waals surface area contributed by atoms with Gasteiger partial charge in [0.1, 0.15) is 43.2 Å². The van der Waals surface area contributed by atoms with Gasteiger partial charge in [0.15, 0.2) is 0 Å². The van der Waals surface area contributed by atoms with Crippen LogP contribution in [0.5, 0.6) is 17.2 Å². The Morgan fingerprint density at radius 3 is 1.39 bits per heavy atom. The van der Waals surface area contributed by atoms with Crippen molar-refractivity contribution in [1.82, 2.24) is 0 Å². The maximum absolute atomic E-state index is 11.8. The Bertz CT molecular complexity index is 1550. The molecule has 0 bridgehead atoms. The van der Waals surface area contributed by atoms with Crippen LogP contribution in [0, 0.1) is 20.8 Å². The fourth-order valence-corrected chi connectivity index (χ4v) is 4.96. The zero-order chi connectivity index (χ0) is 28.6. The maximum atomic E-state index is 11.8. The molecule has 5 aromatic rings. The summed E-state index contributed by atoms with van der Waals surface area (Å²) in [6.07, 6.45) is -0.915. The number of hydrogen-bond donors (Lipinski definition) is 1. The summed E-state index contributed by atoms with van der Waals surface area (Å²) < 4.78 is 18.8. The zero-order valence-electron chi connectivity index (χ0n) is 23.8. The van der Waals surface area contributed by atoms with Gasteiger partial charge in [-0.1, -0.05) is 103 Å². The molecule has 0 saturated heterocycles. The lowest BCUT2D eigenvalue weighted by Crippen LogP contribution is -2.11. The van der Waals surface area contributed by atoms with Gasteiger partial charge in [-0.3, -0.25) is 0 Å². The van der Waals surface area contributed by atoms with Gasteiger partial charge in [0.2, 0.25) is 0 Å². The molecule has 0 saturated carbocycles. The molecule has 1 N–H and O–H groups in total. The van der Waals surface area contributed by atoms with Crippen molar-refractivity contribution >= 4 is 0 Å². The van der Waals surface area contributed by atoms with E-state index in [4.69, 9.17) is 14.2 Å². The highest BCUT2D eigenvalue weighted by Crippen LogP contribution is 2.43. The fraction of sp³-hybridized carbons (Fsp3) is 0.189. The summed E-state index contributed by atoms with van der Waals surface area (Å²) in [6, 6.07) is 37.8. The van der Waals surface area contributed by atoms with Crippen molar-refractivity contribution in [3.05, 3.63) is 160 Å². The average molecular weight is 545 g/mol. The van der Waals surface area contributed by atoms with E-state index >= 15 is 0 Å². The number of aliphatic hydroxyl groups is 1. The molecule has 5 rings (SSSR count). The largest absolute Gasteiger partial charge is 0.489 e. The summed E-state index contributed by atoms with van der Waals surface area (Å²) in [4.78, 5) is 0. The van der Waals surface area contributed by atoms with E-state index in [1.807, 2.05) is 136 Å². The number of ether oxygens (including phenoxy) is 3. The van der Waals surface area contributed by atoms with Gasteiger partial charge in [-0.25, -0.2) is 0 Å². The van der Waals surface area contributed by atoms with Crippen LogP contribution in [0.4, 0.5) is 0 Å². The highest BCUT2D eigenvalue weighted by atomic mass is 16.5. The van der Waals surface area contributed by atoms with Crippen LogP contribution in [0.1, 0.15) is 50.6 Å². The number of hydrogen-bond acceptors (Lipinski definition) is 4. The van der Waals surface area contributed by atoms with Crippen molar-refractivity contribution in [2.24, 2.45) is 0 Å². The first-order valence-electron chi connectivity index (χ1n) is 13.9. The molecule has 4 nitrogen and oxygen atoms in total. The van der Waals surface area contributed by atoms with Crippen molar-refractivity contribution < 1.29 is 19.3 Å². The Balaban J connectivity index is 1.45. The van der Waals surface area contributed by atoms with Gasteiger partial charge < -0.3 is 19.3 Å². The van der Waals surface area contributed by atoms with Crippen LogP contribution in [0.3, 0.4) is 0 Å². The molecule has 0 aliphatic heterocycles. The molecule has 41 heavy (non-hydrogen) atoms. The van der Waals surface area contributed by atoms with Gasteiger partial charge in [0, 0.05) is 11.1 Å². The molecule has 0 aromatic heterocycles. The molecule has 5 aromatic carbocycles. The summed E-state index contributed by atoms with van der Waals surface area (Å²) in [5.74, 6) is 2.21. The van der Waals surface area contributed by atoms with Crippen LogP contribution in [-0.4, -0.2) is 5.11 Å². The quantitative estimate of drug-likeness (QED) is 0.181. The number of aliphatic hydroxyl groups excluding tert-OH is 1. The summed E-state index contributed by atoms with van der Waals surface area (Å²) in [6.45, 7) is 7.40. The SMILES string of the molecule is Cc1c(C)c(OCc2ccccc2)c(C(O)c2ccc(OCc3ccccc3)cc2)c(C)c1OCc1ccccc1. The maximum Gasteiger partial charge on any atom is 0.129 e. The minimum Gasteiger partial charge on any atom is -0.489 e. The van der Waals surface area contributed by atoms with E-state index in [9.17, 15) is 5.11 Å². The Morgan fingerprint density at radius 2 is 0.902 bits per heavy atom. The summed E-state index contributed by atoms with van der Waals surface area (Å²) in [5, 5.41) is 11.8. The standard InChI is InChI=1S/C37H36O4/c1-26-27(2)37(41-25-31-17-11-6-12-18-31)34(28(3)36(26)40-24-30-15-9-5-10-16-30)35(38)32-19-21-33(22-20-32)39-23-29-13-7-4-8-14-29/h4-22,35,38H,23-25H2,1-3H3. The molecule has 0 fully saturated rings. The minimum absolute atomic E-state index is 0.400. The second-order valence-corrected chi connectivity index (χ2v) is 10.2. The van der Waals surface area contributed by atoms with E-state index in [-0.39, 0.29) is 0 Å². The highest BCUT2D eigenvalue weighted by Gasteiger charge is 2.26. The van der Waals surface area contributed by atoms with Crippen LogP contribution < -0.4 is 14.2 Å². The lowest BCUT2D eigenvalue weighted by Gasteiger charge is -2.25. The zero-order valence-corrected chi connectivity index (χ0v) is 23.8. The summed E-state index contributed by atoms with van der Waals surface area (Å²) in [7, 11) is 0. The van der Waals surface area contributed by atoms with Gasteiger partial charge in [-0.05, 0) is 66.3 Å². The first-order chi connectivity index (χ1) is 20.0. The van der Waals surface area contributed by atoms with Gasteiger partial charge in [-0.2, -0.15) is 0 Å². The van der Waals surface area contributed by atoms with Crippen molar-refractivity contribution in [2.75, 3.05) is 0 Å². The Kier molecular flexibility index (Phi) is 9.02. The Hall–Kier alpha value is -4.54. The third-order valence-electron chi connectivity index (χ3n) is 7.40. The lowest BCUT2D eigenvalue weighted by atomic mass is 9.91. The van der Waals surface area contributed by atoms with E-state index in [2.05, 4.69) is 0 Å². The Labute approximate surface area is 242 Å². The minimum atomic E-state index is -0.915. The molecule has 4 heteroatoms. The van der Waals surface area contributed by atoms with E-state index in [0.29, 0.717) is 31.1 Å². The molecule has 1 atom stereocenters. The fourth-order valence-electron chi connectivity index (χ4n) is 4.96. The van der Waals surface area contributed by atoms with Crippen LogP contribution >= 0.6 is 0 Å². The molecule has 0 aliphatic rings. The first kappa shape index (κ1) is 28.0. The number of rotatable bonds is 11. The Morgan fingerprint density at radius 1 is 0.488 bits per heavy atom. The van der Waals surface area contributed by atoms with Gasteiger partial charge in [-0.15, -0.1) is 0 Å². The van der Waals surface area contributed by atoms with Gasteiger partial charge in [0.25, 0.3) is 0 Å². The highest BCUT2D eigenvalue weighted by molar-refractivity contribution is 5.60. The normalized spacial score (nSPS) is 11.6. The average Bonchev–Trinajstić information content (AvgIpc) is 3.02. The molecular formula is C37H36O4. The summed E-state index contributed by atoms with van der Waals surface area (Å²) in [5.41, 5.74) is 7.53. The van der Waals surface area contributed by atoms with Crippen molar-refractivity contribution in [1.29, 1.82) is 0 Å². The predicted molar refractivity (Wildman–Crippen MR) is 163 cm³/mol. The van der Waals surface area contributed by atoms with E-state index in [1.165, 1.54) is 0 Å². The van der Waals surface area contributed by atoms with E-state index in [1.54, 1.807) is 0 Å². The molecule has 1 unspecified atom stereocenters. The molecule has 208 valence electrons. The van der Waals surface area contributed by atoms with Crippen molar-refractivity contribution in [3.8, 4) is 17.2 Å². The van der Waals surface area contributed by atoms with Crippen LogP contribution in [-0.2, 0) is 19.8 Å². The first-order valence-corrected chi connectivity index (χ1v) is 13.9. The molecule has 0 aliphatic carbocycles. The monoisotopic (exact) mass is 544 g/mol. The number of benzene rings is 5. The summed E-state index contributed by atoms with van der Waals surface area (Å²) >= 11 is 0. The van der Waals surface area contributed by atoms with Gasteiger partial charge in [0.05, 0.1) is 0 Å². The van der Waals surface area contributed by atoms with Crippen LogP contribution in [0.2, 0.25) is 0 Å². The van der Waals surface area contributed by atoms with Crippen LogP contribution in [0.15, 0.2) is 115 Å². The van der Waals surface area contributed by atoms with Crippen molar-refractivity contribution in [2.45, 2.75) is 46.7 Å². The second kappa shape index (κ2) is 13.2. The lowest BCUT2D eigenvalue weighted by molar-refractivity contribution is 0.205. The predicted octanol–water partition coefficient (Wildman–Crippen LogP) is 8.43. The van der Waals surface area contributed by atoms with Gasteiger partial charge >= 0.3 is 0 Å². The van der Waals surface area contributed by atoms with Crippen LogP contribution in [0.25, 0.3) is 0 Å². The molecular weight excluding hydrogens is 508 g/mol. The molecule has 0 amide bonds.